The summed E-state index contributed by atoms with van der Waals surface area (Å²) in [5, 5.41) is 2.89. The molecule has 0 saturated carbocycles. The molecule has 0 aliphatic rings. The average Bonchev–Trinajstić information content (AvgIpc) is 2.71. The average molecular weight is 372 g/mol. The van der Waals surface area contributed by atoms with Gasteiger partial charge in [0.05, 0.1) is 6.42 Å². The van der Waals surface area contributed by atoms with E-state index in [4.69, 9.17) is 0 Å². The highest BCUT2D eigenvalue weighted by Gasteiger charge is 2.14. The minimum Gasteiger partial charge on any atom is -0.322 e. The first-order chi connectivity index (χ1) is 13.6. The molecule has 0 radical (unpaired) electrons. The zero-order chi connectivity index (χ0) is 19.9. The molecule has 1 N–H and O–H groups in total. The van der Waals surface area contributed by atoms with Gasteiger partial charge in [-0.05, 0) is 55.8 Å². The van der Waals surface area contributed by atoms with E-state index >= 15 is 0 Å². The van der Waals surface area contributed by atoms with Crippen LogP contribution >= 0.6 is 0 Å². The summed E-state index contributed by atoms with van der Waals surface area (Å²) in [4.78, 5) is 26.8. The third-order valence-electron chi connectivity index (χ3n) is 4.53. The Morgan fingerprint density at radius 2 is 1.61 bits per heavy atom. The zero-order valence-corrected chi connectivity index (χ0v) is 16.2. The van der Waals surface area contributed by atoms with E-state index in [-0.39, 0.29) is 11.8 Å². The standard InChI is InChI=1S/C24H24N2O2/c1-3-26(22-10-5-4-6-11-22)23(27)17-19-12-14-21(15-13-19)25-24(28)20-9-7-8-18(2)16-20/h4-16H,3,17H2,1-2H3,(H,25,28). The second kappa shape index (κ2) is 9.00. The Morgan fingerprint density at radius 1 is 0.893 bits per heavy atom. The second-order valence-corrected chi connectivity index (χ2v) is 6.67. The van der Waals surface area contributed by atoms with Gasteiger partial charge in [0.25, 0.3) is 5.91 Å². The lowest BCUT2D eigenvalue weighted by Gasteiger charge is -2.21. The number of carbonyl (C=O) groups excluding carboxylic acids is 2. The highest BCUT2D eigenvalue weighted by molar-refractivity contribution is 6.04. The molecular weight excluding hydrogens is 348 g/mol. The number of likely N-dealkylation sites (N-methyl/N-ethyl adjacent to an activating group) is 1. The molecule has 4 nitrogen and oxygen atoms in total. The lowest BCUT2D eigenvalue weighted by atomic mass is 10.1. The summed E-state index contributed by atoms with van der Waals surface area (Å²) in [5.74, 6) is -0.0981. The number of rotatable bonds is 6. The van der Waals surface area contributed by atoms with Crippen molar-refractivity contribution in [3.63, 3.8) is 0 Å². The second-order valence-electron chi connectivity index (χ2n) is 6.67. The third kappa shape index (κ3) is 4.86. The van der Waals surface area contributed by atoms with Crippen LogP contribution in [0.2, 0.25) is 0 Å². The molecule has 0 spiro atoms. The van der Waals surface area contributed by atoms with Crippen LogP contribution in [-0.4, -0.2) is 18.4 Å². The van der Waals surface area contributed by atoms with Gasteiger partial charge in [-0.3, -0.25) is 9.59 Å². The first-order valence-electron chi connectivity index (χ1n) is 9.39. The summed E-state index contributed by atoms with van der Waals surface area (Å²) < 4.78 is 0. The number of anilines is 2. The number of carbonyl (C=O) groups is 2. The number of para-hydroxylation sites is 1. The number of hydrogen-bond acceptors (Lipinski definition) is 2. The maximum atomic E-state index is 12.7. The van der Waals surface area contributed by atoms with Gasteiger partial charge < -0.3 is 10.2 Å². The molecule has 28 heavy (non-hydrogen) atoms. The maximum absolute atomic E-state index is 12.7. The summed E-state index contributed by atoms with van der Waals surface area (Å²) in [5.41, 5.74) is 4.18. The van der Waals surface area contributed by atoms with E-state index in [0.717, 1.165) is 16.8 Å². The van der Waals surface area contributed by atoms with Gasteiger partial charge in [0.1, 0.15) is 0 Å². The van der Waals surface area contributed by atoms with Crippen LogP contribution in [0.15, 0.2) is 78.9 Å². The Balaban J connectivity index is 1.64. The minimum absolute atomic E-state index is 0.0465. The van der Waals surface area contributed by atoms with Crippen molar-refractivity contribution in [1.29, 1.82) is 0 Å². The zero-order valence-electron chi connectivity index (χ0n) is 16.2. The molecule has 0 aliphatic carbocycles. The van der Waals surface area contributed by atoms with Gasteiger partial charge in [-0.1, -0.05) is 48.0 Å². The quantitative estimate of drug-likeness (QED) is 0.673. The predicted octanol–water partition coefficient (Wildman–Crippen LogP) is 4.84. The van der Waals surface area contributed by atoms with E-state index in [9.17, 15) is 9.59 Å². The number of nitrogens with one attached hydrogen (secondary N) is 1. The van der Waals surface area contributed by atoms with E-state index in [1.807, 2.05) is 86.6 Å². The minimum atomic E-state index is -0.145. The van der Waals surface area contributed by atoms with Crippen molar-refractivity contribution in [2.75, 3.05) is 16.8 Å². The molecule has 4 heteroatoms. The number of nitrogens with zero attached hydrogens (tertiary/aromatic N) is 1. The van der Waals surface area contributed by atoms with Crippen molar-refractivity contribution >= 4 is 23.2 Å². The summed E-state index contributed by atoms with van der Waals surface area (Å²) >= 11 is 0. The lowest BCUT2D eigenvalue weighted by molar-refractivity contribution is -0.117. The normalized spacial score (nSPS) is 10.4. The van der Waals surface area contributed by atoms with E-state index in [0.29, 0.717) is 24.2 Å². The van der Waals surface area contributed by atoms with Crippen LogP contribution < -0.4 is 10.2 Å². The Morgan fingerprint density at radius 3 is 2.25 bits per heavy atom. The topological polar surface area (TPSA) is 49.4 Å². The van der Waals surface area contributed by atoms with Crippen molar-refractivity contribution in [2.24, 2.45) is 0 Å². The fourth-order valence-corrected chi connectivity index (χ4v) is 3.08. The molecule has 0 heterocycles. The molecule has 2 amide bonds. The first kappa shape index (κ1) is 19.4. The molecular formula is C24H24N2O2. The Labute approximate surface area is 165 Å². The van der Waals surface area contributed by atoms with Crippen LogP contribution in [0.25, 0.3) is 0 Å². The van der Waals surface area contributed by atoms with Gasteiger partial charge in [-0.2, -0.15) is 0 Å². The van der Waals surface area contributed by atoms with Crippen LogP contribution in [-0.2, 0) is 11.2 Å². The molecule has 0 atom stereocenters. The fourth-order valence-electron chi connectivity index (χ4n) is 3.08. The fraction of sp³-hybridized carbons (Fsp3) is 0.167. The number of aryl methyl sites for hydroxylation is 1. The van der Waals surface area contributed by atoms with E-state index < -0.39 is 0 Å². The molecule has 0 aromatic heterocycles. The Kier molecular flexibility index (Phi) is 6.22. The van der Waals surface area contributed by atoms with E-state index in [1.165, 1.54) is 0 Å². The van der Waals surface area contributed by atoms with Gasteiger partial charge in [0, 0.05) is 23.5 Å². The number of hydrogen-bond donors (Lipinski definition) is 1. The third-order valence-corrected chi connectivity index (χ3v) is 4.53. The largest absolute Gasteiger partial charge is 0.322 e. The SMILES string of the molecule is CCN(C(=O)Cc1ccc(NC(=O)c2cccc(C)c2)cc1)c1ccccc1. The Hall–Kier alpha value is -3.40. The maximum Gasteiger partial charge on any atom is 0.255 e. The van der Waals surface area contributed by atoms with Crippen LogP contribution in [0, 0.1) is 6.92 Å². The van der Waals surface area contributed by atoms with Crippen LogP contribution in [0.1, 0.15) is 28.4 Å². The van der Waals surface area contributed by atoms with E-state index in [1.54, 1.807) is 11.0 Å². The summed E-state index contributed by atoms with van der Waals surface area (Å²) in [6, 6.07) is 24.5. The van der Waals surface area contributed by atoms with Gasteiger partial charge in [0.2, 0.25) is 5.91 Å². The van der Waals surface area contributed by atoms with Crippen molar-refractivity contribution in [2.45, 2.75) is 20.3 Å². The van der Waals surface area contributed by atoms with Gasteiger partial charge in [0.15, 0.2) is 0 Å². The van der Waals surface area contributed by atoms with Crippen molar-refractivity contribution in [3.8, 4) is 0 Å². The molecule has 142 valence electrons. The highest BCUT2D eigenvalue weighted by Crippen LogP contribution is 2.17. The predicted molar refractivity (Wildman–Crippen MR) is 114 cm³/mol. The van der Waals surface area contributed by atoms with Crippen molar-refractivity contribution in [3.05, 3.63) is 95.6 Å². The monoisotopic (exact) mass is 372 g/mol. The van der Waals surface area contributed by atoms with E-state index in [2.05, 4.69) is 5.32 Å². The van der Waals surface area contributed by atoms with Crippen LogP contribution in [0.5, 0.6) is 0 Å². The smallest absolute Gasteiger partial charge is 0.255 e. The van der Waals surface area contributed by atoms with Crippen molar-refractivity contribution in [1.82, 2.24) is 0 Å². The van der Waals surface area contributed by atoms with Crippen molar-refractivity contribution < 1.29 is 9.59 Å². The highest BCUT2D eigenvalue weighted by atomic mass is 16.2. The lowest BCUT2D eigenvalue weighted by Crippen LogP contribution is -2.31. The summed E-state index contributed by atoms with van der Waals surface area (Å²) in [7, 11) is 0. The molecule has 0 bridgehead atoms. The van der Waals surface area contributed by atoms with Crippen LogP contribution in [0.4, 0.5) is 11.4 Å². The number of amides is 2. The molecule has 3 aromatic rings. The number of benzene rings is 3. The molecule has 0 fully saturated rings. The molecule has 0 aliphatic heterocycles. The molecule has 0 saturated heterocycles. The Bertz CT molecular complexity index is 950. The van der Waals surface area contributed by atoms with Crippen LogP contribution in [0.3, 0.4) is 0 Å². The molecule has 3 rings (SSSR count). The van der Waals surface area contributed by atoms with Gasteiger partial charge in [-0.25, -0.2) is 0 Å². The summed E-state index contributed by atoms with van der Waals surface area (Å²) in [6.07, 6.45) is 0.314. The van der Waals surface area contributed by atoms with Gasteiger partial charge >= 0.3 is 0 Å². The molecule has 0 unspecified atom stereocenters. The van der Waals surface area contributed by atoms with Gasteiger partial charge in [-0.15, -0.1) is 0 Å². The molecule has 3 aromatic carbocycles. The first-order valence-corrected chi connectivity index (χ1v) is 9.39. The summed E-state index contributed by atoms with van der Waals surface area (Å²) in [6.45, 7) is 4.54.